The van der Waals surface area contributed by atoms with Crippen molar-refractivity contribution in [1.29, 1.82) is 0 Å². The van der Waals surface area contributed by atoms with Gasteiger partial charge >= 0.3 is 0 Å². The number of alkyl halides is 1. The minimum atomic E-state index is 0.105. The molecule has 0 spiro atoms. The third kappa shape index (κ3) is 3.58. The first kappa shape index (κ1) is 12.0. The van der Waals surface area contributed by atoms with Gasteiger partial charge in [-0.25, -0.2) is 0 Å². The van der Waals surface area contributed by atoms with Crippen LogP contribution in [-0.4, -0.2) is 41.3 Å². The van der Waals surface area contributed by atoms with E-state index in [9.17, 15) is 4.79 Å². The number of hydrogen-bond acceptors (Lipinski definition) is 2. The maximum absolute atomic E-state index is 11.1. The molecule has 1 aliphatic heterocycles. The summed E-state index contributed by atoms with van der Waals surface area (Å²) in [7, 11) is 0. The molecular formula is C10H19BrN2O. The lowest BCUT2D eigenvalue weighted by molar-refractivity contribution is -0.119. The highest BCUT2D eigenvalue weighted by atomic mass is 79.9. The van der Waals surface area contributed by atoms with Gasteiger partial charge in [-0.1, -0.05) is 15.9 Å². The molecule has 0 aliphatic carbocycles. The molecule has 1 rings (SSSR count). The van der Waals surface area contributed by atoms with Crippen LogP contribution in [0.5, 0.6) is 0 Å². The topological polar surface area (TPSA) is 32.3 Å². The first-order valence-electron chi connectivity index (χ1n) is 5.23. The van der Waals surface area contributed by atoms with Gasteiger partial charge in [-0.05, 0) is 26.7 Å². The number of halogens is 1. The van der Waals surface area contributed by atoms with Crippen molar-refractivity contribution in [3.8, 4) is 0 Å². The zero-order valence-electron chi connectivity index (χ0n) is 8.92. The van der Waals surface area contributed by atoms with Crippen LogP contribution >= 0.6 is 15.9 Å². The van der Waals surface area contributed by atoms with Crippen LogP contribution in [0, 0.1) is 0 Å². The summed E-state index contributed by atoms with van der Waals surface area (Å²) in [4.78, 5) is 13.6. The average molecular weight is 263 g/mol. The molecular weight excluding hydrogens is 244 g/mol. The summed E-state index contributed by atoms with van der Waals surface area (Å²) < 4.78 is 0. The summed E-state index contributed by atoms with van der Waals surface area (Å²) in [5, 5.41) is 3.43. The van der Waals surface area contributed by atoms with Crippen molar-refractivity contribution in [2.24, 2.45) is 0 Å². The van der Waals surface area contributed by atoms with E-state index >= 15 is 0 Å². The van der Waals surface area contributed by atoms with Crippen molar-refractivity contribution in [2.75, 3.05) is 18.4 Å². The fourth-order valence-electron chi connectivity index (χ4n) is 1.83. The van der Waals surface area contributed by atoms with Crippen LogP contribution in [0.4, 0.5) is 0 Å². The Morgan fingerprint density at radius 1 is 1.50 bits per heavy atom. The minimum Gasteiger partial charge on any atom is -0.353 e. The van der Waals surface area contributed by atoms with E-state index in [1.165, 1.54) is 0 Å². The fraction of sp³-hybridized carbons (Fsp3) is 0.900. The van der Waals surface area contributed by atoms with E-state index in [0.717, 1.165) is 25.9 Å². The molecule has 4 heteroatoms. The summed E-state index contributed by atoms with van der Waals surface area (Å²) in [5.74, 6) is 0.105. The van der Waals surface area contributed by atoms with E-state index in [1.807, 2.05) is 0 Å². The number of amides is 1. The van der Waals surface area contributed by atoms with Gasteiger partial charge in [-0.15, -0.1) is 0 Å². The monoisotopic (exact) mass is 262 g/mol. The quantitative estimate of drug-likeness (QED) is 0.780. The van der Waals surface area contributed by atoms with Gasteiger partial charge in [0, 0.05) is 25.2 Å². The van der Waals surface area contributed by atoms with Gasteiger partial charge in [-0.2, -0.15) is 0 Å². The molecule has 0 atom stereocenters. The Labute approximate surface area is 94.4 Å². The number of piperidine rings is 1. The predicted octanol–water partition coefficient (Wildman–Crippen LogP) is 1.37. The van der Waals surface area contributed by atoms with Crippen molar-refractivity contribution in [2.45, 2.75) is 38.8 Å². The third-order valence-electron chi connectivity index (χ3n) is 2.75. The van der Waals surface area contributed by atoms with Crippen LogP contribution in [0.2, 0.25) is 0 Å². The molecule has 1 saturated heterocycles. The van der Waals surface area contributed by atoms with Crippen molar-refractivity contribution < 1.29 is 4.79 Å². The first-order chi connectivity index (χ1) is 6.63. The Morgan fingerprint density at radius 2 is 2.07 bits per heavy atom. The number of carbonyl (C=O) groups excluding carboxylic acids is 1. The van der Waals surface area contributed by atoms with Gasteiger partial charge in [0.15, 0.2) is 0 Å². The van der Waals surface area contributed by atoms with Gasteiger partial charge in [0.05, 0.1) is 5.33 Å². The zero-order valence-corrected chi connectivity index (χ0v) is 10.5. The van der Waals surface area contributed by atoms with Crippen molar-refractivity contribution >= 4 is 21.8 Å². The molecule has 0 aromatic rings. The molecule has 0 aromatic carbocycles. The highest BCUT2D eigenvalue weighted by Crippen LogP contribution is 2.12. The maximum Gasteiger partial charge on any atom is 0.230 e. The van der Waals surface area contributed by atoms with Gasteiger partial charge in [0.1, 0.15) is 0 Å². The normalized spacial score (nSPS) is 20.0. The Morgan fingerprint density at radius 3 is 2.50 bits per heavy atom. The van der Waals surface area contributed by atoms with Crippen molar-refractivity contribution in [3.63, 3.8) is 0 Å². The lowest BCUT2D eigenvalue weighted by Crippen LogP contribution is -2.46. The Kier molecular flexibility index (Phi) is 4.89. The van der Waals surface area contributed by atoms with E-state index < -0.39 is 0 Å². The number of likely N-dealkylation sites (tertiary alicyclic amines) is 1. The van der Waals surface area contributed by atoms with E-state index in [0.29, 0.717) is 17.4 Å². The molecule has 0 aromatic heterocycles. The molecule has 1 fully saturated rings. The van der Waals surface area contributed by atoms with Crippen molar-refractivity contribution in [1.82, 2.24) is 10.2 Å². The van der Waals surface area contributed by atoms with E-state index in [1.54, 1.807) is 0 Å². The molecule has 1 heterocycles. The minimum absolute atomic E-state index is 0.105. The van der Waals surface area contributed by atoms with Crippen LogP contribution < -0.4 is 5.32 Å². The molecule has 14 heavy (non-hydrogen) atoms. The SMILES string of the molecule is CC(C)N1CCC(NC(=O)CBr)CC1. The summed E-state index contributed by atoms with van der Waals surface area (Å²) >= 11 is 3.15. The molecule has 1 amide bonds. The first-order valence-corrected chi connectivity index (χ1v) is 6.35. The van der Waals surface area contributed by atoms with Crippen LogP contribution in [0.3, 0.4) is 0 Å². The van der Waals surface area contributed by atoms with E-state index in [4.69, 9.17) is 0 Å². The lowest BCUT2D eigenvalue weighted by atomic mass is 10.0. The van der Waals surface area contributed by atoms with E-state index in [-0.39, 0.29) is 5.91 Å². The fourth-order valence-corrected chi connectivity index (χ4v) is 1.99. The molecule has 3 nitrogen and oxygen atoms in total. The summed E-state index contributed by atoms with van der Waals surface area (Å²) in [5.41, 5.74) is 0. The third-order valence-corrected chi connectivity index (χ3v) is 3.26. The zero-order chi connectivity index (χ0) is 10.6. The maximum atomic E-state index is 11.1. The molecule has 0 unspecified atom stereocenters. The largest absolute Gasteiger partial charge is 0.353 e. The van der Waals surface area contributed by atoms with Crippen LogP contribution in [0.1, 0.15) is 26.7 Å². The number of carbonyl (C=O) groups is 1. The highest BCUT2D eigenvalue weighted by molar-refractivity contribution is 9.09. The van der Waals surface area contributed by atoms with Crippen LogP contribution in [0.15, 0.2) is 0 Å². The molecule has 0 saturated carbocycles. The summed E-state index contributed by atoms with van der Waals surface area (Å²) in [6.45, 7) is 6.64. The Balaban J connectivity index is 2.25. The van der Waals surface area contributed by atoms with Gasteiger partial charge in [0.2, 0.25) is 5.91 Å². The van der Waals surface area contributed by atoms with Crippen LogP contribution in [-0.2, 0) is 4.79 Å². The number of nitrogens with one attached hydrogen (secondary N) is 1. The van der Waals surface area contributed by atoms with Crippen molar-refractivity contribution in [3.05, 3.63) is 0 Å². The van der Waals surface area contributed by atoms with Gasteiger partial charge < -0.3 is 10.2 Å². The summed E-state index contributed by atoms with van der Waals surface area (Å²) in [6.07, 6.45) is 2.16. The standard InChI is InChI=1S/C10H19BrN2O/c1-8(2)13-5-3-9(4-6-13)12-10(14)7-11/h8-9H,3-7H2,1-2H3,(H,12,14). The molecule has 0 radical (unpaired) electrons. The second kappa shape index (κ2) is 5.71. The molecule has 1 aliphatic rings. The van der Waals surface area contributed by atoms with Gasteiger partial charge in [-0.3, -0.25) is 4.79 Å². The Hall–Kier alpha value is -0.0900. The Bertz CT molecular complexity index is 189. The highest BCUT2D eigenvalue weighted by Gasteiger charge is 2.21. The number of rotatable bonds is 3. The second-order valence-corrected chi connectivity index (χ2v) is 4.67. The van der Waals surface area contributed by atoms with Crippen LogP contribution in [0.25, 0.3) is 0 Å². The lowest BCUT2D eigenvalue weighted by Gasteiger charge is -2.34. The second-order valence-electron chi connectivity index (χ2n) is 4.11. The molecule has 82 valence electrons. The van der Waals surface area contributed by atoms with E-state index in [2.05, 4.69) is 40.0 Å². The predicted molar refractivity (Wildman–Crippen MR) is 61.7 cm³/mol. The molecule has 1 N–H and O–H groups in total. The number of hydrogen-bond donors (Lipinski definition) is 1. The summed E-state index contributed by atoms with van der Waals surface area (Å²) in [6, 6.07) is 1.01. The number of nitrogens with zero attached hydrogens (tertiary/aromatic N) is 1. The van der Waals surface area contributed by atoms with Gasteiger partial charge in [0.25, 0.3) is 0 Å². The molecule has 0 bridgehead atoms. The average Bonchev–Trinajstić information content (AvgIpc) is 2.18. The smallest absolute Gasteiger partial charge is 0.230 e.